The van der Waals surface area contributed by atoms with Crippen molar-refractivity contribution in [2.75, 3.05) is 74.2 Å². The number of carbonyl (C=O) groups is 2. The predicted molar refractivity (Wildman–Crippen MR) is 216 cm³/mol. The maximum atomic E-state index is 14.2. The van der Waals surface area contributed by atoms with Crippen molar-refractivity contribution in [1.82, 2.24) is 24.6 Å². The van der Waals surface area contributed by atoms with Crippen molar-refractivity contribution in [3.8, 4) is 0 Å². The minimum Gasteiger partial charge on any atom is -0.464 e. The van der Waals surface area contributed by atoms with Crippen LogP contribution in [0.5, 0.6) is 0 Å². The highest BCUT2D eigenvalue weighted by atomic mass is 19.1. The molecule has 2 N–H and O–H groups in total. The van der Waals surface area contributed by atoms with Crippen LogP contribution in [0, 0.1) is 23.3 Å². The number of aromatic nitrogens is 4. The van der Waals surface area contributed by atoms with E-state index in [4.69, 9.17) is 38.4 Å². The van der Waals surface area contributed by atoms with Gasteiger partial charge in [0.25, 0.3) is 5.91 Å². The molecule has 1 amide bonds. The molecule has 62 heavy (non-hydrogen) atoms. The normalized spacial score (nSPS) is 11.2. The molecule has 0 unspecified atom stereocenters. The molecule has 0 saturated heterocycles. The zero-order valence-electron chi connectivity index (χ0n) is 34.3. The number of halogens is 4. The van der Waals surface area contributed by atoms with E-state index < -0.39 is 35.1 Å². The number of nitrogens with one attached hydrogen (secondary N) is 1. The average molecular weight is 870 g/mol. The van der Waals surface area contributed by atoms with Crippen LogP contribution in [0.1, 0.15) is 43.2 Å². The number of hydroxylamine groups is 1. The van der Waals surface area contributed by atoms with E-state index in [0.29, 0.717) is 80.4 Å². The Kier molecular flexibility index (Phi) is 18.3. The smallest absolute Gasteiger partial charge is 0.356 e. The number of carbonyl (C=O) groups excluding carboxylic acids is 2. The van der Waals surface area contributed by atoms with E-state index in [0.717, 1.165) is 28.6 Å². The molecule has 15 nitrogen and oxygen atoms in total. The van der Waals surface area contributed by atoms with E-state index in [2.05, 4.69) is 9.97 Å². The summed E-state index contributed by atoms with van der Waals surface area (Å²) in [6.45, 7) is 4.26. The zero-order chi connectivity index (χ0) is 44.4. The van der Waals surface area contributed by atoms with E-state index >= 15 is 0 Å². The molecule has 0 aliphatic heterocycles. The number of ether oxygens (including phenoxy) is 7. The maximum Gasteiger partial charge on any atom is 0.356 e. The summed E-state index contributed by atoms with van der Waals surface area (Å²) in [4.78, 5) is 31.8. The maximum absolute atomic E-state index is 14.2. The van der Waals surface area contributed by atoms with Crippen LogP contribution in [-0.2, 0) is 59.5 Å². The van der Waals surface area contributed by atoms with Crippen molar-refractivity contribution in [3.05, 3.63) is 130 Å². The number of amides is 1. The number of esters is 1. The summed E-state index contributed by atoms with van der Waals surface area (Å²) in [6, 6.07) is 10.0. The number of nitrogens with zero attached hydrogens (tertiary/aromatic N) is 4. The summed E-state index contributed by atoms with van der Waals surface area (Å²) < 4.78 is 94.9. The van der Waals surface area contributed by atoms with Crippen molar-refractivity contribution in [1.29, 1.82) is 0 Å². The van der Waals surface area contributed by atoms with Crippen molar-refractivity contribution in [2.24, 2.45) is 0 Å². The van der Waals surface area contributed by atoms with Crippen LogP contribution in [0.4, 0.5) is 17.6 Å². The van der Waals surface area contributed by atoms with E-state index in [9.17, 15) is 27.2 Å². The average Bonchev–Trinajstić information content (AvgIpc) is 3.80. The molecule has 0 aliphatic carbocycles. The Balaban J connectivity index is 0.000000234. The van der Waals surface area contributed by atoms with Gasteiger partial charge in [0, 0.05) is 71.8 Å². The molecule has 0 bridgehead atoms. The molecule has 0 aliphatic rings. The highest BCUT2D eigenvalue weighted by Crippen LogP contribution is 2.26. The largest absolute Gasteiger partial charge is 0.464 e. The van der Waals surface area contributed by atoms with Crippen LogP contribution >= 0.6 is 0 Å². The highest BCUT2D eigenvalue weighted by molar-refractivity contribution is 5.96. The number of rotatable bonds is 22. The fraction of sp³-hybridized carbons (Fsp3) is 0.349. The first kappa shape index (κ1) is 47.3. The van der Waals surface area contributed by atoms with Gasteiger partial charge < -0.3 is 42.3 Å². The van der Waals surface area contributed by atoms with Gasteiger partial charge in [-0.05, 0) is 24.3 Å². The second-order valence-electron chi connectivity index (χ2n) is 13.5. The molecule has 4 aromatic heterocycles. The van der Waals surface area contributed by atoms with Gasteiger partial charge in [-0.25, -0.2) is 37.8 Å². The van der Waals surface area contributed by atoms with Gasteiger partial charge in [-0.15, -0.1) is 0 Å². The van der Waals surface area contributed by atoms with E-state index in [1.165, 1.54) is 49.8 Å². The van der Waals surface area contributed by atoms with Crippen LogP contribution in [0.15, 0.2) is 73.3 Å². The first-order valence-corrected chi connectivity index (χ1v) is 19.2. The SMILES string of the molecule is COCCOCCOCc1cn(Cc2ccc(F)cc2F)c2cnc(C(=O)NO)cc12.COCCOCCOCc1cn(Cc2ccc(F)cc2F)c2cnc(C(=O)OC)cc12. The molecule has 6 rings (SSSR count). The van der Waals surface area contributed by atoms with E-state index in [-0.39, 0.29) is 37.7 Å². The minimum absolute atomic E-state index is 0.0184. The van der Waals surface area contributed by atoms with Crippen molar-refractivity contribution in [3.63, 3.8) is 0 Å². The lowest BCUT2D eigenvalue weighted by Gasteiger charge is -2.07. The van der Waals surface area contributed by atoms with Crippen LogP contribution in [0.25, 0.3) is 21.8 Å². The summed E-state index contributed by atoms with van der Waals surface area (Å²) in [5, 5.41) is 10.3. The van der Waals surface area contributed by atoms with Crippen LogP contribution in [-0.4, -0.2) is 110 Å². The first-order valence-electron chi connectivity index (χ1n) is 19.2. The van der Waals surface area contributed by atoms with Gasteiger partial charge in [-0.1, -0.05) is 12.1 Å². The Labute approximate surface area is 354 Å². The number of benzene rings is 2. The third-order valence-electron chi connectivity index (χ3n) is 9.26. The molecule has 0 atom stereocenters. The lowest BCUT2D eigenvalue weighted by Crippen LogP contribution is -2.19. The second kappa shape index (κ2) is 24.0. The fourth-order valence-electron chi connectivity index (χ4n) is 6.17. The minimum atomic E-state index is -0.752. The van der Waals surface area contributed by atoms with Crippen LogP contribution < -0.4 is 5.48 Å². The Bertz CT molecular complexity index is 2250. The number of pyridine rings is 2. The Morgan fingerprint density at radius 2 is 1.03 bits per heavy atom. The summed E-state index contributed by atoms with van der Waals surface area (Å²) >= 11 is 0. The Hall–Kier alpha value is -5.80. The van der Waals surface area contributed by atoms with Gasteiger partial charge in [0.1, 0.15) is 34.7 Å². The molecule has 0 radical (unpaired) electrons. The number of methoxy groups -OCH3 is 3. The lowest BCUT2D eigenvalue weighted by molar-refractivity contribution is 0.0202. The molecule has 0 spiro atoms. The molecular weight excluding hydrogens is 822 g/mol. The standard InChI is InChI=1S/C22H24F2N2O5.C21H23F2N3O5/c1-28-5-6-30-7-8-31-14-16-13-26(12-15-3-4-17(23)9-19(15)24)21-11-25-20(10-18(16)21)22(27)29-2;1-29-4-5-30-6-7-31-13-15-12-26(11-14-2-3-16(22)8-18(14)23)20-10-24-19(9-17(15)20)21(27)25-28/h3-4,9-11,13H,5-8,12,14H2,1-2H3;2-3,8-10,12,28H,4-7,11,13H2,1H3,(H,25,27). The number of hydrogen-bond acceptors (Lipinski definition) is 12. The zero-order valence-corrected chi connectivity index (χ0v) is 34.3. The molecule has 0 saturated carbocycles. The summed E-state index contributed by atoms with van der Waals surface area (Å²) in [7, 11) is 4.47. The highest BCUT2D eigenvalue weighted by Gasteiger charge is 2.17. The first-order chi connectivity index (χ1) is 30.1. The molecular formula is C43H47F4N5O10. The molecule has 2 aromatic carbocycles. The van der Waals surface area contributed by atoms with E-state index in [1.807, 2.05) is 6.20 Å². The van der Waals surface area contributed by atoms with E-state index in [1.54, 1.807) is 41.1 Å². The van der Waals surface area contributed by atoms with Crippen LogP contribution in [0.3, 0.4) is 0 Å². The topological polar surface area (TPSA) is 167 Å². The predicted octanol–water partition coefficient (Wildman–Crippen LogP) is 5.99. The molecule has 0 fully saturated rings. The second-order valence-corrected chi connectivity index (χ2v) is 13.5. The molecule has 6 aromatic rings. The van der Waals surface area contributed by atoms with Gasteiger partial charge in [-0.3, -0.25) is 10.0 Å². The van der Waals surface area contributed by atoms with Gasteiger partial charge in [0.15, 0.2) is 0 Å². The molecule has 332 valence electrons. The van der Waals surface area contributed by atoms with Crippen molar-refractivity contribution in [2.45, 2.75) is 26.3 Å². The van der Waals surface area contributed by atoms with Gasteiger partial charge >= 0.3 is 5.97 Å². The summed E-state index contributed by atoms with van der Waals surface area (Å²) in [5.41, 5.74) is 5.21. The van der Waals surface area contributed by atoms with Crippen molar-refractivity contribution < 1.29 is 65.5 Å². The van der Waals surface area contributed by atoms with Gasteiger partial charge in [0.05, 0.1) is 110 Å². The number of hydrogen-bond donors (Lipinski definition) is 2. The summed E-state index contributed by atoms with van der Waals surface area (Å²) in [6.07, 6.45) is 6.56. The fourth-order valence-corrected chi connectivity index (χ4v) is 6.17. The lowest BCUT2D eigenvalue weighted by atomic mass is 10.2. The number of fused-ring (bicyclic) bond motifs is 2. The Morgan fingerprint density at radius 3 is 1.47 bits per heavy atom. The quantitative estimate of drug-likeness (QED) is 0.0270. The Morgan fingerprint density at radius 1 is 0.597 bits per heavy atom. The van der Waals surface area contributed by atoms with Gasteiger partial charge in [0.2, 0.25) is 0 Å². The third-order valence-corrected chi connectivity index (χ3v) is 9.26. The monoisotopic (exact) mass is 869 g/mol. The molecule has 4 heterocycles. The summed E-state index contributed by atoms with van der Waals surface area (Å²) in [5.74, 6) is -3.88. The third kappa shape index (κ3) is 13.1. The van der Waals surface area contributed by atoms with Crippen LogP contribution in [0.2, 0.25) is 0 Å². The van der Waals surface area contributed by atoms with Crippen molar-refractivity contribution >= 4 is 33.7 Å². The molecule has 19 heteroatoms. The van der Waals surface area contributed by atoms with Gasteiger partial charge in [-0.2, -0.15) is 0 Å².